The normalized spacial score (nSPS) is 19.7. The number of aliphatic hydroxyl groups is 1. The summed E-state index contributed by atoms with van der Waals surface area (Å²) in [5, 5.41) is 13.3. The number of likely N-dealkylation sites (tertiary alicyclic amines) is 1. The van der Waals surface area contributed by atoms with E-state index in [1.54, 1.807) is 0 Å². The summed E-state index contributed by atoms with van der Waals surface area (Å²) in [5.41, 5.74) is 2.59. The molecule has 31 heavy (non-hydrogen) atoms. The van der Waals surface area contributed by atoms with Gasteiger partial charge in [0.15, 0.2) is 0 Å². The first kappa shape index (κ1) is 21.8. The number of ether oxygens (including phenoxy) is 1. The Balaban J connectivity index is 1.16. The number of aliphatic hydroxyl groups excluding tert-OH is 1. The maximum Gasteiger partial charge on any atom is 0.234 e. The molecule has 2 N–H and O–H groups in total. The van der Waals surface area contributed by atoms with E-state index in [2.05, 4.69) is 45.4 Å². The van der Waals surface area contributed by atoms with Crippen LogP contribution < -0.4 is 10.1 Å². The number of amides is 1. The summed E-state index contributed by atoms with van der Waals surface area (Å²) in [6.07, 6.45) is 1.77. The van der Waals surface area contributed by atoms with Gasteiger partial charge in [-0.15, -0.1) is 0 Å². The van der Waals surface area contributed by atoms with Crippen LogP contribution in [0.1, 0.15) is 29.9 Å². The van der Waals surface area contributed by atoms with Gasteiger partial charge in [-0.2, -0.15) is 0 Å². The lowest BCUT2D eigenvalue weighted by atomic mass is 9.89. The lowest BCUT2D eigenvalue weighted by Gasteiger charge is -2.33. The van der Waals surface area contributed by atoms with Crippen molar-refractivity contribution in [2.75, 3.05) is 45.9 Å². The second-order valence-electron chi connectivity index (χ2n) is 8.65. The molecule has 0 aromatic heterocycles. The number of hydrogen-bond acceptors (Lipinski definition) is 5. The molecular formula is C25H33N3O3. The number of piperidine rings is 1. The first-order valence-corrected chi connectivity index (χ1v) is 11.3. The number of carbonyl (C=O) groups excluding carboxylic acids is 1. The molecule has 1 amide bonds. The second-order valence-corrected chi connectivity index (χ2v) is 8.65. The van der Waals surface area contributed by atoms with Gasteiger partial charge < -0.3 is 20.1 Å². The van der Waals surface area contributed by atoms with Crippen molar-refractivity contribution >= 4 is 5.91 Å². The number of nitrogens with one attached hydrogen (secondary N) is 1. The fourth-order valence-electron chi connectivity index (χ4n) is 4.49. The molecule has 2 aromatic carbocycles. The zero-order valence-electron chi connectivity index (χ0n) is 18.1. The van der Waals surface area contributed by atoms with E-state index in [1.165, 1.54) is 5.56 Å². The molecule has 2 heterocycles. The van der Waals surface area contributed by atoms with Crippen LogP contribution in [0, 0.1) is 0 Å². The van der Waals surface area contributed by atoms with E-state index >= 15 is 0 Å². The molecular weight excluding hydrogens is 390 g/mol. The first-order valence-electron chi connectivity index (χ1n) is 11.3. The van der Waals surface area contributed by atoms with Gasteiger partial charge in [0.2, 0.25) is 5.91 Å². The third kappa shape index (κ3) is 6.53. The van der Waals surface area contributed by atoms with E-state index in [-0.39, 0.29) is 5.91 Å². The highest BCUT2D eigenvalue weighted by atomic mass is 16.5. The summed E-state index contributed by atoms with van der Waals surface area (Å²) in [6.45, 7) is 5.77. The van der Waals surface area contributed by atoms with Crippen LogP contribution in [0.5, 0.6) is 5.75 Å². The van der Waals surface area contributed by atoms with Crippen molar-refractivity contribution in [2.45, 2.75) is 31.4 Å². The minimum atomic E-state index is -0.500. The molecule has 0 aliphatic carbocycles. The fourth-order valence-corrected chi connectivity index (χ4v) is 4.49. The molecule has 0 bridgehead atoms. The summed E-state index contributed by atoms with van der Waals surface area (Å²) in [6, 6.07) is 18.7. The molecule has 0 radical (unpaired) electrons. The van der Waals surface area contributed by atoms with Crippen LogP contribution in [0.15, 0.2) is 54.6 Å². The van der Waals surface area contributed by atoms with Gasteiger partial charge in [-0.3, -0.25) is 9.69 Å². The summed E-state index contributed by atoms with van der Waals surface area (Å²) < 4.78 is 5.81. The molecule has 2 aliphatic heterocycles. The Bertz CT molecular complexity index is 820. The minimum absolute atomic E-state index is 0.0875. The summed E-state index contributed by atoms with van der Waals surface area (Å²) in [4.78, 5) is 16.0. The molecule has 1 unspecified atom stereocenters. The van der Waals surface area contributed by atoms with Crippen molar-refractivity contribution in [1.29, 1.82) is 0 Å². The largest absolute Gasteiger partial charge is 0.491 e. The van der Waals surface area contributed by atoms with Gasteiger partial charge in [0.1, 0.15) is 18.5 Å². The highest BCUT2D eigenvalue weighted by Crippen LogP contribution is 2.27. The zero-order chi connectivity index (χ0) is 21.5. The van der Waals surface area contributed by atoms with Gasteiger partial charge >= 0.3 is 0 Å². The average molecular weight is 424 g/mol. The number of β-amino-alcohol motifs (C(OH)–C–C–N with tert-alkyl or cyclic N) is 1. The van der Waals surface area contributed by atoms with Crippen LogP contribution in [0.3, 0.4) is 0 Å². The van der Waals surface area contributed by atoms with Crippen LogP contribution in [-0.2, 0) is 11.3 Å². The number of benzene rings is 2. The van der Waals surface area contributed by atoms with Gasteiger partial charge in [0.25, 0.3) is 0 Å². The topological polar surface area (TPSA) is 65.0 Å². The first-order chi connectivity index (χ1) is 15.2. The number of hydrogen-bond donors (Lipinski definition) is 2. The van der Waals surface area contributed by atoms with Crippen LogP contribution in [0.25, 0.3) is 0 Å². The van der Waals surface area contributed by atoms with Crippen molar-refractivity contribution in [3.8, 4) is 5.75 Å². The molecule has 4 rings (SSSR count). The van der Waals surface area contributed by atoms with Crippen LogP contribution >= 0.6 is 0 Å². The Hall–Kier alpha value is -2.41. The second kappa shape index (κ2) is 10.8. The molecule has 2 saturated heterocycles. The van der Waals surface area contributed by atoms with Crippen molar-refractivity contribution in [2.24, 2.45) is 0 Å². The predicted octanol–water partition coefficient (Wildman–Crippen LogP) is 2.24. The molecule has 1 atom stereocenters. The van der Waals surface area contributed by atoms with Gasteiger partial charge in [-0.05, 0) is 55.1 Å². The van der Waals surface area contributed by atoms with E-state index < -0.39 is 6.10 Å². The van der Waals surface area contributed by atoms with Crippen LogP contribution in [0.4, 0.5) is 0 Å². The fraction of sp³-hybridized carbons (Fsp3) is 0.480. The van der Waals surface area contributed by atoms with Crippen molar-refractivity contribution in [3.05, 3.63) is 65.7 Å². The molecule has 6 nitrogen and oxygen atoms in total. The average Bonchev–Trinajstić information content (AvgIpc) is 2.80. The number of nitrogens with zero attached hydrogens (tertiary/aromatic N) is 2. The Kier molecular flexibility index (Phi) is 7.57. The Morgan fingerprint density at radius 2 is 1.74 bits per heavy atom. The van der Waals surface area contributed by atoms with Crippen molar-refractivity contribution < 1.29 is 14.6 Å². The Morgan fingerprint density at radius 3 is 2.45 bits per heavy atom. The maximum atomic E-state index is 11.5. The summed E-state index contributed by atoms with van der Waals surface area (Å²) >= 11 is 0. The molecule has 2 fully saturated rings. The Morgan fingerprint density at radius 1 is 1.00 bits per heavy atom. The summed E-state index contributed by atoms with van der Waals surface area (Å²) in [7, 11) is 0. The van der Waals surface area contributed by atoms with Gasteiger partial charge in [0, 0.05) is 26.2 Å². The smallest absolute Gasteiger partial charge is 0.234 e. The van der Waals surface area contributed by atoms with Crippen LogP contribution in [0.2, 0.25) is 0 Å². The maximum absolute atomic E-state index is 11.5. The molecule has 2 aliphatic rings. The van der Waals surface area contributed by atoms with Crippen molar-refractivity contribution in [1.82, 2.24) is 15.1 Å². The lowest BCUT2D eigenvalue weighted by molar-refractivity contribution is -0.124. The molecule has 6 heteroatoms. The van der Waals surface area contributed by atoms with E-state index in [4.69, 9.17) is 4.74 Å². The quantitative estimate of drug-likeness (QED) is 0.682. The minimum Gasteiger partial charge on any atom is -0.491 e. The predicted molar refractivity (Wildman–Crippen MR) is 121 cm³/mol. The van der Waals surface area contributed by atoms with E-state index in [0.717, 1.165) is 50.3 Å². The molecule has 0 spiro atoms. The monoisotopic (exact) mass is 423 g/mol. The third-order valence-electron chi connectivity index (χ3n) is 6.22. The van der Waals surface area contributed by atoms with E-state index in [1.807, 2.05) is 24.3 Å². The van der Waals surface area contributed by atoms with E-state index in [9.17, 15) is 9.90 Å². The SMILES string of the molecule is O=C1CN(Cc2ccc(OCC(O)CN3CCC(c4ccccc4)CC3)cc2)CCN1. The van der Waals surface area contributed by atoms with Gasteiger partial charge in [-0.25, -0.2) is 0 Å². The number of rotatable bonds is 8. The lowest BCUT2D eigenvalue weighted by Crippen LogP contribution is -2.47. The van der Waals surface area contributed by atoms with Gasteiger partial charge in [-0.1, -0.05) is 42.5 Å². The molecule has 166 valence electrons. The molecule has 0 saturated carbocycles. The van der Waals surface area contributed by atoms with E-state index in [0.29, 0.717) is 32.2 Å². The summed E-state index contributed by atoms with van der Waals surface area (Å²) in [5.74, 6) is 1.48. The highest BCUT2D eigenvalue weighted by Gasteiger charge is 2.22. The standard InChI is InChI=1S/C25H33N3O3/c29-23(17-27-13-10-22(11-14-27)21-4-2-1-3-5-21)19-31-24-8-6-20(7-9-24)16-28-15-12-26-25(30)18-28/h1-9,22-23,29H,10-19H2,(H,26,30). The third-order valence-corrected chi connectivity index (χ3v) is 6.22. The molecule has 2 aromatic rings. The van der Waals surface area contributed by atoms with Gasteiger partial charge in [0.05, 0.1) is 6.54 Å². The Labute approximate surface area is 184 Å². The van der Waals surface area contributed by atoms with Crippen LogP contribution in [-0.4, -0.2) is 72.8 Å². The zero-order valence-corrected chi connectivity index (χ0v) is 18.1. The number of carbonyl (C=O) groups is 1. The number of piperazine rings is 1. The highest BCUT2D eigenvalue weighted by molar-refractivity contribution is 5.78. The van der Waals surface area contributed by atoms with Crippen molar-refractivity contribution in [3.63, 3.8) is 0 Å².